The fourth-order valence-electron chi connectivity index (χ4n) is 2.03. The van der Waals surface area contributed by atoms with E-state index in [9.17, 15) is 9.18 Å². The van der Waals surface area contributed by atoms with Crippen molar-refractivity contribution >= 4 is 18.5 Å². The molecule has 0 spiro atoms. The molecular formula is C19H19FN4O4. The summed E-state index contributed by atoms with van der Waals surface area (Å²) in [5.74, 6) is -0.260. The van der Waals surface area contributed by atoms with Crippen LogP contribution in [-0.2, 0) is 9.53 Å². The maximum atomic E-state index is 13.4. The Kier molecular flexibility index (Phi) is 7.32. The maximum Gasteiger partial charge on any atom is 0.334 e. The molecule has 0 N–H and O–H groups in total. The number of esters is 1. The fourth-order valence-corrected chi connectivity index (χ4v) is 2.03. The van der Waals surface area contributed by atoms with Crippen molar-refractivity contribution < 1.29 is 23.4 Å². The minimum atomic E-state index is -0.541. The number of ether oxygens (including phenoxy) is 3. The average Bonchev–Trinajstić information content (AvgIpc) is 2.70. The van der Waals surface area contributed by atoms with Crippen LogP contribution in [0.25, 0.3) is 0 Å². The summed E-state index contributed by atoms with van der Waals surface area (Å²) in [4.78, 5) is 27.4. The fraction of sp³-hybridized carbons (Fsp3) is 0.211. The van der Waals surface area contributed by atoms with Crippen LogP contribution in [0.3, 0.4) is 0 Å². The van der Waals surface area contributed by atoms with Gasteiger partial charge < -0.3 is 14.2 Å². The SMILES string of the molecule is C=N/C(=N\C=C(/C)C(=O)OC)c1cncc(Oc2ncc(F)cc2OCC)c1. The van der Waals surface area contributed by atoms with E-state index in [1.807, 2.05) is 0 Å². The van der Waals surface area contributed by atoms with Gasteiger partial charge in [0, 0.05) is 24.0 Å². The van der Waals surface area contributed by atoms with Gasteiger partial charge in [-0.1, -0.05) is 0 Å². The molecule has 9 heteroatoms. The zero-order valence-electron chi connectivity index (χ0n) is 15.7. The normalized spacial score (nSPS) is 11.7. The zero-order chi connectivity index (χ0) is 20.5. The van der Waals surface area contributed by atoms with Crippen molar-refractivity contribution in [3.63, 3.8) is 0 Å². The van der Waals surface area contributed by atoms with Gasteiger partial charge in [-0.3, -0.25) is 4.98 Å². The molecule has 0 aliphatic carbocycles. The number of pyridine rings is 2. The Morgan fingerprint density at radius 1 is 1.32 bits per heavy atom. The predicted molar refractivity (Wildman–Crippen MR) is 102 cm³/mol. The lowest BCUT2D eigenvalue weighted by Gasteiger charge is -2.10. The van der Waals surface area contributed by atoms with Crippen molar-refractivity contribution in [3.8, 4) is 17.4 Å². The van der Waals surface area contributed by atoms with Gasteiger partial charge in [0.05, 0.1) is 31.7 Å². The van der Waals surface area contributed by atoms with E-state index in [0.717, 1.165) is 6.20 Å². The summed E-state index contributed by atoms with van der Waals surface area (Å²) in [6, 6.07) is 2.78. The van der Waals surface area contributed by atoms with E-state index in [-0.39, 0.29) is 17.5 Å². The van der Waals surface area contributed by atoms with E-state index < -0.39 is 11.8 Å². The molecule has 146 valence electrons. The molecule has 2 aromatic rings. The molecule has 0 saturated carbocycles. The highest BCUT2D eigenvalue weighted by Crippen LogP contribution is 2.29. The first kappa shape index (κ1) is 20.7. The lowest BCUT2D eigenvalue weighted by atomic mass is 10.2. The molecule has 0 unspecified atom stereocenters. The van der Waals surface area contributed by atoms with Crippen LogP contribution in [-0.4, -0.2) is 42.2 Å². The highest BCUT2D eigenvalue weighted by molar-refractivity contribution is 6.02. The van der Waals surface area contributed by atoms with E-state index >= 15 is 0 Å². The number of methoxy groups -OCH3 is 1. The summed E-state index contributed by atoms with van der Waals surface area (Å²) in [5, 5.41) is 0. The Labute approximate surface area is 161 Å². The predicted octanol–water partition coefficient (Wildman–Crippen LogP) is 3.33. The van der Waals surface area contributed by atoms with Gasteiger partial charge in [-0.15, -0.1) is 0 Å². The molecule has 0 saturated heterocycles. The van der Waals surface area contributed by atoms with Crippen molar-refractivity contribution in [2.24, 2.45) is 9.98 Å². The van der Waals surface area contributed by atoms with E-state index in [2.05, 4.69) is 31.4 Å². The van der Waals surface area contributed by atoms with Crippen molar-refractivity contribution in [2.75, 3.05) is 13.7 Å². The molecule has 0 aromatic carbocycles. The van der Waals surface area contributed by atoms with Crippen molar-refractivity contribution in [1.82, 2.24) is 9.97 Å². The Morgan fingerprint density at radius 2 is 2.11 bits per heavy atom. The molecule has 0 amide bonds. The molecule has 8 nitrogen and oxygen atoms in total. The number of amidine groups is 1. The summed E-state index contributed by atoms with van der Waals surface area (Å²) < 4.78 is 29.0. The lowest BCUT2D eigenvalue weighted by Crippen LogP contribution is -2.02. The van der Waals surface area contributed by atoms with Crippen LogP contribution in [0, 0.1) is 5.82 Å². The molecule has 0 aliphatic rings. The maximum absolute atomic E-state index is 13.4. The van der Waals surface area contributed by atoms with Gasteiger partial charge in [0.15, 0.2) is 11.6 Å². The highest BCUT2D eigenvalue weighted by atomic mass is 19.1. The number of halogens is 1. The Bertz CT molecular complexity index is 928. The average molecular weight is 386 g/mol. The van der Waals surface area contributed by atoms with Gasteiger partial charge in [0.2, 0.25) is 0 Å². The minimum Gasteiger partial charge on any atom is -0.488 e. The first-order chi connectivity index (χ1) is 13.5. The van der Waals surface area contributed by atoms with E-state index in [4.69, 9.17) is 9.47 Å². The summed E-state index contributed by atoms with van der Waals surface area (Å²) in [6.45, 7) is 7.12. The molecule has 28 heavy (non-hydrogen) atoms. The van der Waals surface area contributed by atoms with Gasteiger partial charge in [-0.2, -0.15) is 0 Å². The van der Waals surface area contributed by atoms with Gasteiger partial charge in [-0.25, -0.2) is 24.2 Å². The quantitative estimate of drug-likeness (QED) is 0.313. The van der Waals surface area contributed by atoms with Crippen molar-refractivity contribution in [2.45, 2.75) is 13.8 Å². The standard InChI is InChI=1S/C19H19FN4O4/c1-5-27-16-7-14(20)10-24-18(16)28-15-6-13(9-22-11-15)17(21-3)23-8-12(2)19(25)26-4/h6-11H,3,5H2,1-2,4H3/b12-8+,23-17-. The Hall–Kier alpha value is -3.62. The number of rotatable bonds is 7. The smallest absolute Gasteiger partial charge is 0.334 e. The molecule has 0 radical (unpaired) electrons. The Morgan fingerprint density at radius 3 is 2.79 bits per heavy atom. The second kappa shape index (κ2) is 9.91. The summed E-state index contributed by atoms with van der Waals surface area (Å²) in [6.07, 6.45) is 5.29. The van der Waals surface area contributed by atoms with Crippen LogP contribution in [0.5, 0.6) is 17.4 Å². The molecule has 2 heterocycles. The molecule has 2 aromatic heterocycles. The third-order valence-corrected chi connectivity index (χ3v) is 3.31. The summed E-state index contributed by atoms with van der Waals surface area (Å²) in [5.41, 5.74) is 0.780. The van der Waals surface area contributed by atoms with Gasteiger partial charge in [0.1, 0.15) is 11.6 Å². The summed E-state index contributed by atoms with van der Waals surface area (Å²) >= 11 is 0. The van der Waals surface area contributed by atoms with Crippen molar-refractivity contribution in [1.29, 1.82) is 0 Å². The Balaban J connectivity index is 2.31. The molecule has 0 bridgehead atoms. The van der Waals surface area contributed by atoms with Gasteiger partial charge in [0.25, 0.3) is 5.88 Å². The van der Waals surface area contributed by atoms with Crippen LogP contribution < -0.4 is 9.47 Å². The first-order valence-corrected chi connectivity index (χ1v) is 8.19. The second-order valence-electron chi connectivity index (χ2n) is 5.32. The van der Waals surface area contributed by atoms with E-state index in [1.54, 1.807) is 19.9 Å². The van der Waals surface area contributed by atoms with E-state index in [1.165, 1.54) is 31.8 Å². The largest absolute Gasteiger partial charge is 0.488 e. The molecular weight excluding hydrogens is 367 g/mol. The number of aliphatic imine (C=N–C) groups is 2. The highest BCUT2D eigenvalue weighted by Gasteiger charge is 2.11. The first-order valence-electron chi connectivity index (χ1n) is 8.19. The van der Waals surface area contributed by atoms with Gasteiger partial charge >= 0.3 is 5.97 Å². The number of carbonyl (C=O) groups is 1. The zero-order valence-corrected chi connectivity index (χ0v) is 15.7. The van der Waals surface area contributed by atoms with Crippen LogP contribution in [0.1, 0.15) is 19.4 Å². The monoisotopic (exact) mass is 386 g/mol. The summed E-state index contributed by atoms with van der Waals surface area (Å²) in [7, 11) is 1.28. The molecule has 0 atom stereocenters. The van der Waals surface area contributed by atoms with Gasteiger partial charge in [-0.05, 0) is 26.6 Å². The van der Waals surface area contributed by atoms with Crippen LogP contribution >= 0.6 is 0 Å². The number of hydrogen-bond acceptors (Lipinski definition) is 7. The van der Waals surface area contributed by atoms with Crippen LogP contribution in [0.15, 0.2) is 52.5 Å². The third kappa shape index (κ3) is 5.44. The van der Waals surface area contributed by atoms with E-state index in [0.29, 0.717) is 23.5 Å². The van der Waals surface area contributed by atoms with Crippen LogP contribution in [0.2, 0.25) is 0 Å². The van der Waals surface area contributed by atoms with Crippen molar-refractivity contribution in [3.05, 3.63) is 53.9 Å². The molecule has 2 rings (SSSR count). The topological polar surface area (TPSA) is 95.3 Å². The number of aromatic nitrogens is 2. The second-order valence-corrected chi connectivity index (χ2v) is 5.32. The molecule has 0 aliphatic heterocycles. The number of carbonyl (C=O) groups excluding carboxylic acids is 1. The molecule has 0 fully saturated rings. The lowest BCUT2D eigenvalue weighted by molar-refractivity contribution is -0.136. The number of nitrogens with zero attached hydrogens (tertiary/aromatic N) is 4. The third-order valence-electron chi connectivity index (χ3n) is 3.31. The minimum absolute atomic E-state index is 0.0914. The number of hydrogen-bond donors (Lipinski definition) is 0. The van der Waals surface area contributed by atoms with Crippen LogP contribution in [0.4, 0.5) is 4.39 Å².